The summed E-state index contributed by atoms with van der Waals surface area (Å²) in [5.74, 6) is 0. The van der Waals surface area contributed by atoms with E-state index in [9.17, 15) is 4.79 Å². The van der Waals surface area contributed by atoms with Crippen LogP contribution in [0, 0.1) is 0 Å². The van der Waals surface area contributed by atoms with Crippen LogP contribution >= 0.6 is 0 Å². The summed E-state index contributed by atoms with van der Waals surface area (Å²) in [7, 11) is 0. The molecule has 6 heteroatoms. The van der Waals surface area contributed by atoms with Crippen molar-refractivity contribution in [1.82, 2.24) is 15.3 Å². The first-order valence-corrected chi connectivity index (χ1v) is 5.56. The van der Waals surface area contributed by atoms with Gasteiger partial charge in [-0.25, -0.2) is 9.78 Å². The second-order valence-electron chi connectivity index (χ2n) is 4.53. The Morgan fingerprint density at radius 3 is 2.88 bits per heavy atom. The summed E-state index contributed by atoms with van der Waals surface area (Å²) in [6.45, 7) is 6.48. The van der Waals surface area contributed by atoms with E-state index in [4.69, 9.17) is 9.47 Å². The van der Waals surface area contributed by atoms with Crippen molar-refractivity contribution in [2.45, 2.75) is 32.8 Å². The maximum Gasteiger partial charge on any atom is 0.407 e. The lowest BCUT2D eigenvalue weighted by atomic mass is 10.2. The third kappa shape index (κ3) is 6.44. The third-order valence-electron chi connectivity index (χ3n) is 1.70. The minimum atomic E-state index is -0.464. The molecule has 0 atom stereocenters. The van der Waals surface area contributed by atoms with Gasteiger partial charge in [0, 0.05) is 18.9 Å². The summed E-state index contributed by atoms with van der Waals surface area (Å²) in [6, 6.07) is 0.488. The van der Waals surface area contributed by atoms with E-state index in [1.165, 1.54) is 0 Å². The Morgan fingerprint density at radius 1 is 1.53 bits per heavy atom. The Labute approximate surface area is 101 Å². The molecule has 1 amide bonds. The largest absolute Gasteiger partial charge is 0.465 e. The predicted octanol–water partition coefficient (Wildman–Crippen LogP) is 1.70. The molecular formula is C11H19N3O3. The first-order valence-electron chi connectivity index (χ1n) is 5.56. The number of alkyl carbamates (subject to hydrolysis) is 1. The van der Waals surface area contributed by atoms with Gasteiger partial charge >= 0.3 is 6.09 Å². The number of hydrogen-bond donors (Lipinski definition) is 2. The number of rotatable bonds is 5. The molecule has 1 aromatic rings. The number of aromatic nitrogens is 2. The lowest BCUT2D eigenvalue weighted by Gasteiger charge is -2.19. The number of nitrogens with one attached hydrogen (secondary N) is 2. The first-order chi connectivity index (χ1) is 7.97. The SMILES string of the molecule is CC(C)(C)OC(=O)NCCCOc1ncc[nH]1. The zero-order valence-corrected chi connectivity index (χ0v) is 10.4. The number of hydrogen-bond acceptors (Lipinski definition) is 4. The van der Waals surface area contributed by atoms with E-state index in [2.05, 4.69) is 15.3 Å². The molecule has 96 valence electrons. The fourth-order valence-corrected chi connectivity index (χ4v) is 1.08. The second kappa shape index (κ2) is 6.12. The van der Waals surface area contributed by atoms with Gasteiger partial charge in [0.25, 0.3) is 6.01 Å². The van der Waals surface area contributed by atoms with Crippen molar-refractivity contribution in [2.24, 2.45) is 0 Å². The number of H-pyrrole nitrogens is 1. The van der Waals surface area contributed by atoms with Gasteiger partial charge in [0.15, 0.2) is 0 Å². The third-order valence-corrected chi connectivity index (χ3v) is 1.70. The highest BCUT2D eigenvalue weighted by Gasteiger charge is 2.15. The molecule has 2 N–H and O–H groups in total. The number of carbonyl (C=O) groups excluding carboxylic acids is 1. The van der Waals surface area contributed by atoms with E-state index in [0.29, 0.717) is 25.6 Å². The molecular weight excluding hydrogens is 222 g/mol. The standard InChI is InChI=1S/C11H19N3O3/c1-11(2,3)17-10(15)14-5-4-8-16-9-12-6-7-13-9/h6-7H,4-5,8H2,1-3H3,(H,12,13)(H,14,15). The van der Waals surface area contributed by atoms with Crippen LogP contribution in [0.3, 0.4) is 0 Å². The molecule has 0 saturated heterocycles. The van der Waals surface area contributed by atoms with E-state index in [-0.39, 0.29) is 0 Å². The fourth-order valence-electron chi connectivity index (χ4n) is 1.08. The Morgan fingerprint density at radius 2 is 2.29 bits per heavy atom. The monoisotopic (exact) mass is 241 g/mol. The molecule has 1 rings (SSSR count). The van der Waals surface area contributed by atoms with Gasteiger partial charge in [-0.1, -0.05) is 0 Å². The van der Waals surface area contributed by atoms with Gasteiger partial charge in [-0.05, 0) is 27.2 Å². The van der Waals surface area contributed by atoms with E-state index >= 15 is 0 Å². The quantitative estimate of drug-likeness (QED) is 0.769. The molecule has 0 saturated carbocycles. The zero-order valence-electron chi connectivity index (χ0n) is 10.4. The van der Waals surface area contributed by atoms with Gasteiger partial charge < -0.3 is 19.8 Å². The van der Waals surface area contributed by atoms with Crippen molar-refractivity contribution < 1.29 is 14.3 Å². The van der Waals surface area contributed by atoms with Crippen LogP contribution in [-0.4, -0.2) is 34.8 Å². The van der Waals surface area contributed by atoms with Gasteiger partial charge in [-0.2, -0.15) is 0 Å². The lowest BCUT2D eigenvalue weighted by Crippen LogP contribution is -2.33. The number of imidazole rings is 1. The Kier molecular flexibility index (Phi) is 4.81. The highest BCUT2D eigenvalue weighted by atomic mass is 16.6. The van der Waals surface area contributed by atoms with Crippen LogP contribution in [0.1, 0.15) is 27.2 Å². The van der Waals surface area contributed by atoms with Crippen LogP contribution < -0.4 is 10.1 Å². The lowest BCUT2D eigenvalue weighted by molar-refractivity contribution is 0.0525. The molecule has 0 aliphatic rings. The van der Waals surface area contributed by atoms with Crippen LogP contribution in [0.5, 0.6) is 6.01 Å². The average molecular weight is 241 g/mol. The number of aromatic amines is 1. The van der Waals surface area contributed by atoms with Gasteiger partial charge in [-0.3, -0.25) is 0 Å². The van der Waals surface area contributed by atoms with Crippen molar-refractivity contribution >= 4 is 6.09 Å². The molecule has 0 fully saturated rings. The molecule has 1 aromatic heterocycles. The maximum atomic E-state index is 11.3. The summed E-state index contributed by atoms with van der Waals surface area (Å²) in [4.78, 5) is 18.0. The summed E-state index contributed by atoms with van der Waals surface area (Å²) in [5.41, 5.74) is -0.464. The molecule has 0 unspecified atom stereocenters. The molecule has 17 heavy (non-hydrogen) atoms. The summed E-state index contributed by atoms with van der Waals surface area (Å²) in [6.07, 6.45) is 3.60. The average Bonchev–Trinajstić information content (AvgIpc) is 2.67. The zero-order chi connectivity index (χ0) is 12.7. The van der Waals surface area contributed by atoms with Crippen molar-refractivity contribution in [1.29, 1.82) is 0 Å². The van der Waals surface area contributed by atoms with Gasteiger partial charge in [0.05, 0.1) is 6.61 Å². The van der Waals surface area contributed by atoms with Crippen LogP contribution in [0.15, 0.2) is 12.4 Å². The summed E-state index contributed by atoms with van der Waals surface area (Å²) in [5, 5.41) is 2.65. The number of carbonyl (C=O) groups is 1. The minimum absolute atomic E-state index is 0.407. The van der Waals surface area contributed by atoms with E-state index in [0.717, 1.165) is 0 Å². The van der Waals surface area contributed by atoms with Crippen molar-refractivity contribution in [2.75, 3.05) is 13.2 Å². The van der Waals surface area contributed by atoms with Crippen LogP contribution in [0.25, 0.3) is 0 Å². The molecule has 1 heterocycles. The highest BCUT2D eigenvalue weighted by molar-refractivity contribution is 5.67. The van der Waals surface area contributed by atoms with E-state index in [1.807, 2.05) is 20.8 Å². The van der Waals surface area contributed by atoms with Crippen molar-refractivity contribution in [3.63, 3.8) is 0 Å². The maximum absolute atomic E-state index is 11.3. The van der Waals surface area contributed by atoms with Crippen LogP contribution in [-0.2, 0) is 4.74 Å². The molecule has 0 aliphatic carbocycles. The molecule has 0 aliphatic heterocycles. The normalized spacial score (nSPS) is 11.0. The van der Waals surface area contributed by atoms with Crippen molar-refractivity contribution in [3.05, 3.63) is 12.4 Å². The summed E-state index contributed by atoms with van der Waals surface area (Å²) < 4.78 is 10.4. The topological polar surface area (TPSA) is 76.2 Å². The number of amides is 1. The molecule has 6 nitrogen and oxygen atoms in total. The van der Waals surface area contributed by atoms with Gasteiger partial charge in [0.1, 0.15) is 5.60 Å². The number of ether oxygens (including phenoxy) is 2. The molecule has 0 spiro atoms. The first kappa shape index (κ1) is 13.3. The van der Waals surface area contributed by atoms with E-state index in [1.54, 1.807) is 12.4 Å². The van der Waals surface area contributed by atoms with Crippen LogP contribution in [0.4, 0.5) is 4.79 Å². The molecule has 0 aromatic carbocycles. The van der Waals surface area contributed by atoms with E-state index < -0.39 is 11.7 Å². The second-order valence-corrected chi connectivity index (χ2v) is 4.53. The highest BCUT2D eigenvalue weighted by Crippen LogP contribution is 2.06. The minimum Gasteiger partial charge on any atom is -0.465 e. The predicted molar refractivity (Wildman–Crippen MR) is 62.9 cm³/mol. The molecule has 0 bridgehead atoms. The van der Waals surface area contributed by atoms with Gasteiger partial charge in [0.2, 0.25) is 0 Å². The Bertz CT molecular complexity index is 330. The fraction of sp³-hybridized carbons (Fsp3) is 0.636. The smallest absolute Gasteiger partial charge is 0.407 e. The van der Waals surface area contributed by atoms with Crippen LogP contribution in [0.2, 0.25) is 0 Å². The summed E-state index contributed by atoms with van der Waals surface area (Å²) >= 11 is 0. The van der Waals surface area contributed by atoms with Gasteiger partial charge in [-0.15, -0.1) is 0 Å². The van der Waals surface area contributed by atoms with Crippen molar-refractivity contribution in [3.8, 4) is 6.01 Å². The Hall–Kier alpha value is -1.72. The number of nitrogens with zero attached hydrogens (tertiary/aromatic N) is 1. The molecule has 0 radical (unpaired) electrons. The Balaban J connectivity index is 2.02.